The minimum absolute atomic E-state index is 0.0262. The number of carbonyl (C=O) groups is 1. The highest BCUT2D eigenvalue weighted by Crippen LogP contribution is 2.22. The molecule has 0 spiro atoms. The first-order valence-corrected chi connectivity index (χ1v) is 6.71. The molecule has 1 aromatic rings. The van der Waals surface area contributed by atoms with E-state index in [0.29, 0.717) is 30.2 Å². The monoisotopic (exact) mass is 315 g/mol. The van der Waals surface area contributed by atoms with E-state index >= 15 is 0 Å². The average molecular weight is 316 g/mol. The Morgan fingerprint density at radius 3 is 3.00 bits per heavy atom. The van der Waals surface area contributed by atoms with Crippen molar-refractivity contribution >= 4 is 34.5 Å². The van der Waals surface area contributed by atoms with Gasteiger partial charge in [-0.1, -0.05) is 15.9 Å². The molecular formula is C12H14BrNO2S. The van der Waals surface area contributed by atoms with Crippen molar-refractivity contribution in [3.8, 4) is 0 Å². The smallest absolute Gasteiger partial charge is 0.255 e. The van der Waals surface area contributed by atoms with E-state index in [2.05, 4.69) is 28.6 Å². The molecule has 1 fully saturated rings. The SMILES string of the molecule is CC1COCCN1C(=O)c1ccc(Br)cc1S. The predicted octanol–water partition coefficient (Wildman–Crippen LogP) is 2.60. The van der Waals surface area contributed by atoms with Gasteiger partial charge in [0.2, 0.25) is 0 Å². The molecule has 2 rings (SSSR count). The molecule has 1 aliphatic rings. The lowest BCUT2D eigenvalue weighted by molar-refractivity contribution is 0.00340. The largest absolute Gasteiger partial charge is 0.377 e. The first-order chi connectivity index (χ1) is 8.09. The van der Waals surface area contributed by atoms with Gasteiger partial charge in [-0.15, -0.1) is 12.6 Å². The first-order valence-electron chi connectivity index (χ1n) is 5.47. The second kappa shape index (κ2) is 5.42. The molecule has 1 heterocycles. The zero-order valence-electron chi connectivity index (χ0n) is 9.52. The Labute approximate surface area is 115 Å². The van der Waals surface area contributed by atoms with Gasteiger partial charge in [-0.05, 0) is 25.1 Å². The van der Waals surface area contributed by atoms with Crippen LogP contribution in [0.3, 0.4) is 0 Å². The lowest BCUT2D eigenvalue weighted by Crippen LogP contribution is -2.47. The van der Waals surface area contributed by atoms with Crippen LogP contribution in [0.5, 0.6) is 0 Å². The summed E-state index contributed by atoms with van der Waals surface area (Å²) in [6, 6.07) is 5.61. The highest BCUT2D eigenvalue weighted by Gasteiger charge is 2.25. The Bertz CT molecular complexity index is 439. The molecule has 1 aliphatic heterocycles. The van der Waals surface area contributed by atoms with Crippen molar-refractivity contribution in [2.45, 2.75) is 17.9 Å². The molecule has 1 aromatic carbocycles. The molecule has 1 amide bonds. The van der Waals surface area contributed by atoms with Gasteiger partial charge in [0.05, 0.1) is 24.8 Å². The van der Waals surface area contributed by atoms with Crippen molar-refractivity contribution in [1.82, 2.24) is 4.90 Å². The summed E-state index contributed by atoms with van der Waals surface area (Å²) in [5, 5.41) is 0. The van der Waals surface area contributed by atoms with Crippen LogP contribution < -0.4 is 0 Å². The Morgan fingerprint density at radius 1 is 1.59 bits per heavy atom. The quantitative estimate of drug-likeness (QED) is 0.807. The summed E-state index contributed by atoms with van der Waals surface area (Å²) >= 11 is 7.71. The second-order valence-electron chi connectivity index (χ2n) is 4.08. The maximum atomic E-state index is 12.3. The molecule has 1 unspecified atom stereocenters. The molecule has 17 heavy (non-hydrogen) atoms. The van der Waals surface area contributed by atoms with Crippen LogP contribution in [0.1, 0.15) is 17.3 Å². The van der Waals surface area contributed by atoms with Crippen LogP contribution in [0.15, 0.2) is 27.6 Å². The van der Waals surface area contributed by atoms with E-state index in [1.807, 2.05) is 24.0 Å². The number of morpholine rings is 1. The number of nitrogens with zero attached hydrogens (tertiary/aromatic N) is 1. The fourth-order valence-electron chi connectivity index (χ4n) is 1.87. The fraction of sp³-hybridized carbons (Fsp3) is 0.417. The van der Waals surface area contributed by atoms with Crippen molar-refractivity contribution in [1.29, 1.82) is 0 Å². The van der Waals surface area contributed by atoms with E-state index in [9.17, 15) is 4.79 Å². The van der Waals surface area contributed by atoms with Crippen molar-refractivity contribution in [2.24, 2.45) is 0 Å². The maximum absolute atomic E-state index is 12.3. The van der Waals surface area contributed by atoms with Crippen LogP contribution in [-0.4, -0.2) is 36.6 Å². The van der Waals surface area contributed by atoms with Crippen molar-refractivity contribution in [3.05, 3.63) is 28.2 Å². The second-order valence-corrected chi connectivity index (χ2v) is 5.48. The third-order valence-electron chi connectivity index (χ3n) is 2.82. The van der Waals surface area contributed by atoms with E-state index in [1.54, 1.807) is 6.07 Å². The molecule has 0 aromatic heterocycles. The molecule has 92 valence electrons. The van der Waals surface area contributed by atoms with Gasteiger partial charge in [-0.25, -0.2) is 0 Å². The number of ether oxygens (including phenoxy) is 1. The normalized spacial score (nSPS) is 20.4. The molecule has 0 aliphatic carbocycles. The van der Waals surface area contributed by atoms with Gasteiger partial charge in [0.1, 0.15) is 0 Å². The fourth-order valence-corrected chi connectivity index (χ4v) is 2.72. The number of amides is 1. The summed E-state index contributed by atoms with van der Waals surface area (Å²) in [7, 11) is 0. The topological polar surface area (TPSA) is 29.5 Å². The number of thiol groups is 1. The molecule has 0 N–H and O–H groups in total. The van der Waals surface area contributed by atoms with Crippen molar-refractivity contribution in [2.75, 3.05) is 19.8 Å². The van der Waals surface area contributed by atoms with Crippen LogP contribution in [-0.2, 0) is 4.74 Å². The van der Waals surface area contributed by atoms with E-state index in [1.165, 1.54) is 0 Å². The summed E-state index contributed by atoms with van der Waals surface area (Å²) in [6.45, 7) is 3.84. The summed E-state index contributed by atoms with van der Waals surface area (Å²) in [4.78, 5) is 14.9. The molecule has 0 saturated carbocycles. The lowest BCUT2D eigenvalue weighted by atomic mass is 10.1. The lowest BCUT2D eigenvalue weighted by Gasteiger charge is -2.33. The molecule has 0 radical (unpaired) electrons. The van der Waals surface area contributed by atoms with Gasteiger partial charge in [0.25, 0.3) is 5.91 Å². The van der Waals surface area contributed by atoms with E-state index in [4.69, 9.17) is 4.74 Å². The Balaban J connectivity index is 2.24. The molecule has 1 atom stereocenters. The van der Waals surface area contributed by atoms with Crippen LogP contribution in [0.2, 0.25) is 0 Å². The van der Waals surface area contributed by atoms with E-state index in [0.717, 1.165) is 4.47 Å². The molecule has 1 saturated heterocycles. The van der Waals surface area contributed by atoms with E-state index < -0.39 is 0 Å². The first kappa shape index (κ1) is 12.9. The number of rotatable bonds is 1. The Morgan fingerprint density at radius 2 is 2.35 bits per heavy atom. The van der Waals surface area contributed by atoms with Gasteiger partial charge < -0.3 is 9.64 Å². The van der Waals surface area contributed by atoms with E-state index in [-0.39, 0.29) is 11.9 Å². The summed E-state index contributed by atoms with van der Waals surface area (Å²) in [5.41, 5.74) is 0.644. The van der Waals surface area contributed by atoms with Gasteiger partial charge in [-0.3, -0.25) is 4.79 Å². The summed E-state index contributed by atoms with van der Waals surface area (Å²) in [5.74, 6) is 0.0262. The Hall–Kier alpha value is -0.520. The predicted molar refractivity (Wildman–Crippen MR) is 72.7 cm³/mol. The molecule has 5 heteroatoms. The van der Waals surface area contributed by atoms with Crippen LogP contribution in [0, 0.1) is 0 Å². The standard InChI is InChI=1S/C12H14BrNO2S/c1-8-7-16-5-4-14(8)12(15)10-3-2-9(13)6-11(10)17/h2-3,6,8,17H,4-5,7H2,1H3. The average Bonchev–Trinajstić information content (AvgIpc) is 2.29. The zero-order chi connectivity index (χ0) is 12.4. The zero-order valence-corrected chi connectivity index (χ0v) is 12.0. The van der Waals surface area contributed by atoms with Gasteiger partial charge in [-0.2, -0.15) is 0 Å². The number of hydrogen-bond acceptors (Lipinski definition) is 3. The molecule has 0 bridgehead atoms. The number of carbonyl (C=O) groups excluding carboxylic acids is 1. The highest BCUT2D eigenvalue weighted by atomic mass is 79.9. The third kappa shape index (κ3) is 2.84. The number of hydrogen-bond donors (Lipinski definition) is 1. The van der Waals surface area contributed by atoms with Gasteiger partial charge >= 0.3 is 0 Å². The third-order valence-corrected chi connectivity index (χ3v) is 3.68. The highest BCUT2D eigenvalue weighted by molar-refractivity contribution is 9.10. The maximum Gasteiger partial charge on any atom is 0.255 e. The van der Waals surface area contributed by atoms with Crippen molar-refractivity contribution < 1.29 is 9.53 Å². The van der Waals surface area contributed by atoms with Crippen LogP contribution in [0.4, 0.5) is 0 Å². The minimum atomic E-state index is 0.0262. The summed E-state index contributed by atoms with van der Waals surface area (Å²) in [6.07, 6.45) is 0. The molecule has 3 nitrogen and oxygen atoms in total. The summed E-state index contributed by atoms with van der Waals surface area (Å²) < 4.78 is 6.25. The van der Waals surface area contributed by atoms with Gasteiger partial charge in [0.15, 0.2) is 0 Å². The number of benzene rings is 1. The number of halogens is 1. The van der Waals surface area contributed by atoms with Gasteiger partial charge in [0, 0.05) is 15.9 Å². The van der Waals surface area contributed by atoms with Crippen LogP contribution in [0.25, 0.3) is 0 Å². The van der Waals surface area contributed by atoms with Crippen molar-refractivity contribution in [3.63, 3.8) is 0 Å². The minimum Gasteiger partial charge on any atom is -0.377 e. The van der Waals surface area contributed by atoms with Crippen LogP contribution >= 0.6 is 28.6 Å². The Kier molecular flexibility index (Phi) is 4.12. The molecular weight excluding hydrogens is 302 g/mol.